The van der Waals surface area contributed by atoms with Crippen LogP contribution in [-0.4, -0.2) is 13.1 Å². The Labute approximate surface area is 130 Å². The number of hydrogen-bond donors (Lipinski definition) is 0. The summed E-state index contributed by atoms with van der Waals surface area (Å²) in [5.41, 5.74) is 0. The second-order valence-corrected chi connectivity index (χ2v) is 4.96. The number of carbonyl (C=O) groups is 1. The van der Waals surface area contributed by atoms with Gasteiger partial charge in [0.25, 0.3) is 0 Å². The van der Waals surface area contributed by atoms with E-state index in [-0.39, 0.29) is 5.97 Å². The van der Waals surface area contributed by atoms with E-state index in [1.807, 2.05) is 6.08 Å². The van der Waals surface area contributed by atoms with E-state index in [4.69, 9.17) is 0 Å². The smallest absolute Gasteiger partial charge is 0.305 e. The number of rotatable bonds is 10. The van der Waals surface area contributed by atoms with Gasteiger partial charge in [-0.25, -0.2) is 0 Å². The lowest BCUT2D eigenvalue weighted by molar-refractivity contribution is -0.140. The van der Waals surface area contributed by atoms with Crippen LogP contribution in [0.25, 0.3) is 0 Å². The van der Waals surface area contributed by atoms with E-state index >= 15 is 0 Å². The van der Waals surface area contributed by atoms with Crippen LogP contribution < -0.4 is 0 Å². The number of ether oxygens (including phenoxy) is 1. The van der Waals surface area contributed by atoms with Crippen molar-refractivity contribution in [3.05, 3.63) is 12.2 Å². The molecule has 0 aromatic heterocycles. The molecule has 0 aromatic carbocycles. The van der Waals surface area contributed by atoms with Gasteiger partial charge in [0, 0.05) is 12.8 Å². The van der Waals surface area contributed by atoms with Crippen LogP contribution in [0.15, 0.2) is 12.2 Å². The summed E-state index contributed by atoms with van der Waals surface area (Å²) in [4.78, 5) is 10.9. The van der Waals surface area contributed by atoms with Crippen LogP contribution in [0.5, 0.6) is 0 Å². The van der Waals surface area contributed by atoms with Gasteiger partial charge in [0.1, 0.15) is 0 Å². The quantitative estimate of drug-likeness (QED) is 0.332. The molecule has 0 atom stereocenters. The summed E-state index contributed by atoms with van der Waals surface area (Å²) in [6.45, 7) is 2.23. The fourth-order valence-electron chi connectivity index (χ4n) is 1.79. The van der Waals surface area contributed by atoms with Crippen molar-refractivity contribution in [3.8, 4) is 23.7 Å². The molecule has 2 heteroatoms. The third-order valence-corrected chi connectivity index (χ3v) is 3.06. The maximum absolute atomic E-state index is 10.9. The highest BCUT2D eigenvalue weighted by atomic mass is 16.5. The van der Waals surface area contributed by atoms with Crippen LogP contribution in [0.4, 0.5) is 0 Å². The molecule has 0 aromatic rings. The molecule has 0 amide bonds. The topological polar surface area (TPSA) is 26.3 Å². The lowest BCUT2D eigenvalue weighted by atomic mass is 10.1. The first-order valence-corrected chi connectivity index (χ1v) is 8.01. The van der Waals surface area contributed by atoms with Crippen molar-refractivity contribution >= 4 is 5.97 Å². The molecular weight excluding hydrogens is 260 g/mol. The highest BCUT2D eigenvalue weighted by Gasteiger charge is 1.96. The molecule has 21 heavy (non-hydrogen) atoms. The van der Waals surface area contributed by atoms with E-state index in [0.717, 1.165) is 19.3 Å². The zero-order chi connectivity index (χ0) is 15.6. The molecule has 0 bridgehead atoms. The molecule has 0 aliphatic heterocycles. The molecule has 0 aliphatic rings. The van der Waals surface area contributed by atoms with Crippen molar-refractivity contribution in [2.75, 3.05) is 7.11 Å². The summed E-state index contributed by atoms with van der Waals surface area (Å²) < 4.78 is 4.56. The van der Waals surface area contributed by atoms with Gasteiger partial charge in [-0.2, -0.15) is 0 Å². The van der Waals surface area contributed by atoms with E-state index in [1.165, 1.54) is 45.6 Å². The minimum atomic E-state index is -0.157. The van der Waals surface area contributed by atoms with Crippen molar-refractivity contribution in [2.45, 2.75) is 71.1 Å². The van der Waals surface area contributed by atoms with Gasteiger partial charge in [0.2, 0.25) is 0 Å². The van der Waals surface area contributed by atoms with E-state index in [0.29, 0.717) is 6.42 Å². The first kappa shape index (κ1) is 19.3. The van der Waals surface area contributed by atoms with Gasteiger partial charge < -0.3 is 4.74 Å². The predicted octanol–water partition coefficient (Wildman–Crippen LogP) is 4.64. The van der Waals surface area contributed by atoms with E-state index in [1.54, 1.807) is 6.08 Å². The molecule has 2 nitrogen and oxygen atoms in total. The fraction of sp³-hybridized carbons (Fsp3) is 0.632. The normalized spacial score (nSPS) is 9.62. The fourth-order valence-corrected chi connectivity index (χ4v) is 1.79. The Hall–Kier alpha value is -1.67. The van der Waals surface area contributed by atoms with Crippen molar-refractivity contribution in [3.63, 3.8) is 0 Å². The Morgan fingerprint density at radius 2 is 1.81 bits per heavy atom. The summed E-state index contributed by atoms with van der Waals surface area (Å²) in [5, 5.41) is 0. The Morgan fingerprint density at radius 3 is 2.57 bits per heavy atom. The highest BCUT2D eigenvalue weighted by molar-refractivity contribution is 5.69. The SMILES string of the molecule is CCCCCCCCC#CC#CC=CCCCC(=O)OC. The first-order chi connectivity index (χ1) is 10.3. The van der Waals surface area contributed by atoms with Gasteiger partial charge in [0.15, 0.2) is 0 Å². The number of allylic oxidation sites excluding steroid dienone is 2. The van der Waals surface area contributed by atoms with Crippen molar-refractivity contribution < 1.29 is 9.53 Å². The molecule has 0 N–H and O–H groups in total. The zero-order valence-corrected chi connectivity index (χ0v) is 13.5. The highest BCUT2D eigenvalue weighted by Crippen LogP contribution is 2.05. The Morgan fingerprint density at radius 1 is 1.05 bits per heavy atom. The Kier molecular flexibility index (Phi) is 15.1. The molecular formula is C19H28O2. The summed E-state index contributed by atoms with van der Waals surface area (Å²) >= 11 is 0. The first-order valence-electron chi connectivity index (χ1n) is 8.01. The second-order valence-electron chi connectivity index (χ2n) is 4.96. The van der Waals surface area contributed by atoms with Crippen molar-refractivity contribution in [2.24, 2.45) is 0 Å². The molecule has 0 aliphatic carbocycles. The molecule has 0 radical (unpaired) electrons. The summed E-state index contributed by atoms with van der Waals surface area (Å²) in [6, 6.07) is 0. The molecule has 0 fully saturated rings. The Balaban J connectivity index is 3.48. The van der Waals surface area contributed by atoms with Gasteiger partial charge in [0.05, 0.1) is 7.11 Å². The zero-order valence-electron chi connectivity index (χ0n) is 13.5. The maximum Gasteiger partial charge on any atom is 0.305 e. The third kappa shape index (κ3) is 16.3. The largest absolute Gasteiger partial charge is 0.469 e. The molecule has 0 unspecified atom stereocenters. The lowest BCUT2D eigenvalue weighted by Gasteiger charge is -1.96. The van der Waals surface area contributed by atoms with Crippen molar-refractivity contribution in [1.29, 1.82) is 0 Å². The van der Waals surface area contributed by atoms with Crippen LogP contribution in [0.2, 0.25) is 0 Å². The number of esters is 1. The molecule has 0 heterocycles. The van der Waals surface area contributed by atoms with Gasteiger partial charge in [-0.1, -0.05) is 56.9 Å². The van der Waals surface area contributed by atoms with Crippen LogP contribution in [0.3, 0.4) is 0 Å². The van der Waals surface area contributed by atoms with Gasteiger partial charge in [-0.15, -0.1) is 0 Å². The standard InChI is InChI=1S/C19H28O2/c1-3-4-5-6-7-8-9-10-11-12-13-14-15-16-17-18-19(20)21-2/h14-15H,3-9,16-18H2,1-2H3. The lowest BCUT2D eigenvalue weighted by Crippen LogP contribution is -1.98. The van der Waals surface area contributed by atoms with Gasteiger partial charge >= 0.3 is 5.97 Å². The van der Waals surface area contributed by atoms with Crippen LogP contribution >= 0.6 is 0 Å². The van der Waals surface area contributed by atoms with Crippen molar-refractivity contribution in [1.82, 2.24) is 0 Å². The number of unbranched alkanes of at least 4 members (excludes halogenated alkanes) is 7. The minimum absolute atomic E-state index is 0.157. The molecule has 0 saturated heterocycles. The van der Waals surface area contributed by atoms with E-state index in [9.17, 15) is 4.79 Å². The van der Waals surface area contributed by atoms with Crippen LogP contribution in [-0.2, 0) is 9.53 Å². The maximum atomic E-state index is 10.9. The summed E-state index contributed by atoms with van der Waals surface area (Å²) in [6.07, 6.45) is 14.6. The van der Waals surface area contributed by atoms with Crippen LogP contribution in [0, 0.1) is 23.7 Å². The predicted molar refractivity (Wildman–Crippen MR) is 88.6 cm³/mol. The molecule has 0 rings (SSSR count). The third-order valence-electron chi connectivity index (χ3n) is 3.06. The van der Waals surface area contributed by atoms with E-state index in [2.05, 4.69) is 35.3 Å². The molecule has 0 spiro atoms. The Bertz CT molecular complexity index is 399. The monoisotopic (exact) mass is 288 g/mol. The molecule has 116 valence electrons. The number of hydrogen-bond acceptors (Lipinski definition) is 2. The van der Waals surface area contributed by atoms with E-state index < -0.39 is 0 Å². The van der Waals surface area contributed by atoms with Gasteiger partial charge in [-0.3, -0.25) is 4.79 Å². The average molecular weight is 288 g/mol. The number of carbonyl (C=O) groups excluding carboxylic acids is 1. The number of methoxy groups -OCH3 is 1. The second kappa shape index (κ2) is 16.4. The minimum Gasteiger partial charge on any atom is -0.469 e. The summed E-state index contributed by atoms with van der Waals surface area (Å²) in [7, 11) is 1.41. The molecule has 0 saturated carbocycles. The summed E-state index contributed by atoms with van der Waals surface area (Å²) in [5.74, 6) is 11.5. The van der Waals surface area contributed by atoms with Gasteiger partial charge in [-0.05, 0) is 37.2 Å². The van der Waals surface area contributed by atoms with Crippen LogP contribution in [0.1, 0.15) is 71.1 Å². The average Bonchev–Trinajstić information content (AvgIpc) is 2.50.